The first kappa shape index (κ1) is 40.8. The maximum absolute atomic E-state index is 6.87. The molecule has 1 atom stereocenters. The third kappa shape index (κ3) is 5.44. The second-order valence-electron chi connectivity index (χ2n) is 20.9. The van der Waals surface area contributed by atoms with Gasteiger partial charge in [-0.2, -0.15) is 0 Å². The van der Waals surface area contributed by atoms with Crippen molar-refractivity contribution in [3.05, 3.63) is 269 Å². The summed E-state index contributed by atoms with van der Waals surface area (Å²) in [4.78, 5) is 2.51. The predicted octanol–water partition coefficient (Wildman–Crippen LogP) is 18.7. The molecule has 4 aliphatic carbocycles. The summed E-state index contributed by atoms with van der Waals surface area (Å²) >= 11 is 0. The Hall–Kier alpha value is -8.92. The molecule has 1 unspecified atom stereocenters. The molecule has 2 aromatic heterocycles. The van der Waals surface area contributed by atoms with E-state index in [0.717, 1.165) is 73.5 Å². The summed E-state index contributed by atoms with van der Waals surface area (Å²) in [7, 11) is 0. The van der Waals surface area contributed by atoms with E-state index in [9.17, 15) is 0 Å². The lowest BCUT2D eigenvalue weighted by Crippen LogP contribution is -2.27. The minimum absolute atomic E-state index is 0.133. The van der Waals surface area contributed by atoms with Crippen molar-refractivity contribution in [3.8, 4) is 44.5 Å². The molecule has 0 N–H and O–H groups in total. The molecular weight excluding hydrogens is 887 g/mol. The Morgan fingerprint density at radius 1 is 0.384 bits per heavy atom. The largest absolute Gasteiger partial charge is 0.455 e. The zero-order chi connectivity index (χ0) is 48.2. The fourth-order valence-electron chi connectivity index (χ4n) is 13.8. The predicted molar refractivity (Wildman–Crippen MR) is 301 cm³/mol. The van der Waals surface area contributed by atoms with E-state index in [1.54, 1.807) is 0 Å². The van der Waals surface area contributed by atoms with Gasteiger partial charge in [-0.3, -0.25) is 0 Å². The van der Waals surface area contributed by atoms with Crippen molar-refractivity contribution in [2.45, 2.75) is 37.5 Å². The van der Waals surface area contributed by atoms with E-state index >= 15 is 0 Å². The Balaban J connectivity index is 0.861. The molecule has 0 bridgehead atoms. The van der Waals surface area contributed by atoms with Gasteiger partial charge in [-0.15, -0.1) is 0 Å². The molecule has 3 nitrogen and oxygen atoms in total. The Labute approximate surface area is 423 Å². The monoisotopic (exact) mass is 933 g/mol. The quantitative estimate of drug-likeness (QED) is 0.172. The highest BCUT2D eigenvalue weighted by atomic mass is 16.3. The lowest BCUT2D eigenvalue weighted by Gasteiger charge is -2.34. The zero-order valence-electron chi connectivity index (χ0n) is 40.5. The van der Waals surface area contributed by atoms with E-state index in [1.807, 2.05) is 6.07 Å². The molecule has 2 heterocycles. The fraction of sp³-hybridized carbons (Fsp3) is 0.0857. The standard InChI is InChI=1S/C70H47NO2/c1-69(2)58-24-8-3-15-49(58)51-38-37-46(41-62(51)69)71(45-35-31-43(32-36-45)48-21-14-23-55-52-17-6-11-27-63(52)72-67(48)55)44-33-29-42(30-34-44)47-20-13-22-54-50-16-4-9-25-59(50)70(66(47)54)60-26-10-5-19-57(60)65-61(70)40-39-56-53-18-7-12-28-64(53)73-68(56)65/h3-29,31-33,35-41H,30,34H2,1-2H3. The fourth-order valence-corrected chi connectivity index (χ4v) is 13.8. The van der Waals surface area contributed by atoms with Crippen LogP contribution in [0.15, 0.2) is 239 Å². The van der Waals surface area contributed by atoms with Gasteiger partial charge < -0.3 is 13.7 Å². The molecule has 0 aliphatic heterocycles. The van der Waals surface area contributed by atoms with Crippen LogP contribution in [0.4, 0.5) is 11.4 Å². The zero-order valence-corrected chi connectivity index (χ0v) is 40.5. The lowest BCUT2D eigenvalue weighted by molar-refractivity contribution is 0.660. The van der Waals surface area contributed by atoms with E-state index in [2.05, 4.69) is 237 Å². The van der Waals surface area contributed by atoms with Crippen LogP contribution in [0.3, 0.4) is 0 Å². The van der Waals surface area contributed by atoms with Crippen molar-refractivity contribution >= 4 is 60.8 Å². The van der Waals surface area contributed by atoms with Gasteiger partial charge in [-0.1, -0.05) is 196 Å². The maximum Gasteiger partial charge on any atom is 0.143 e. The number of para-hydroxylation sites is 3. The van der Waals surface area contributed by atoms with Crippen LogP contribution in [-0.4, -0.2) is 0 Å². The number of benzene rings is 10. The summed E-state index contributed by atoms with van der Waals surface area (Å²) in [5.74, 6) is 0. The van der Waals surface area contributed by atoms with Crippen molar-refractivity contribution in [1.82, 2.24) is 0 Å². The molecule has 0 saturated carbocycles. The Kier molecular flexibility index (Phi) is 8.28. The third-order valence-electron chi connectivity index (χ3n) is 17.0. The van der Waals surface area contributed by atoms with Gasteiger partial charge in [0, 0.05) is 55.2 Å². The first-order valence-electron chi connectivity index (χ1n) is 25.7. The van der Waals surface area contributed by atoms with Crippen LogP contribution in [0.25, 0.3) is 94.0 Å². The van der Waals surface area contributed by atoms with Gasteiger partial charge in [0.25, 0.3) is 0 Å². The molecule has 73 heavy (non-hydrogen) atoms. The van der Waals surface area contributed by atoms with Crippen LogP contribution in [0.2, 0.25) is 0 Å². The maximum atomic E-state index is 6.87. The second kappa shape index (κ2) is 14.8. The highest BCUT2D eigenvalue weighted by Crippen LogP contribution is 2.65. The molecule has 3 heteroatoms. The number of allylic oxidation sites excluding steroid dienone is 4. The van der Waals surface area contributed by atoms with E-state index in [1.165, 1.54) is 89.3 Å². The first-order valence-corrected chi connectivity index (χ1v) is 25.7. The second-order valence-corrected chi connectivity index (χ2v) is 20.9. The summed E-state index contributed by atoms with van der Waals surface area (Å²) in [6.07, 6.45) is 6.57. The minimum Gasteiger partial charge on any atom is -0.455 e. The Morgan fingerprint density at radius 3 is 1.70 bits per heavy atom. The van der Waals surface area contributed by atoms with Gasteiger partial charge in [0.1, 0.15) is 22.3 Å². The van der Waals surface area contributed by atoms with Gasteiger partial charge >= 0.3 is 0 Å². The number of hydrogen-bond acceptors (Lipinski definition) is 3. The number of nitrogens with zero attached hydrogens (tertiary/aromatic N) is 1. The van der Waals surface area contributed by atoms with Crippen LogP contribution in [-0.2, 0) is 10.8 Å². The summed E-state index contributed by atoms with van der Waals surface area (Å²) in [6.45, 7) is 4.75. The summed E-state index contributed by atoms with van der Waals surface area (Å²) in [5, 5.41) is 4.59. The molecule has 4 aliphatic rings. The molecule has 16 rings (SSSR count). The molecular formula is C70H47NO2. The van der Waals surface area contributed by atoms with E-state index in [0.29, 0.717) is 0 Å². The number of hydrogen-bond donors (Lipinski definition) is 0. The molecule has 1 spiro atoms. The molecule has 0 amide bonds. The van der Waals surface area contributed by atoms with Gasteiger partial charge in [-0.25, -0.2) is 0 Å². The summed E-state index contributed by atoms with van der Waals surface area (Å²) in [6, 6.07) is 78.4. The van der Waals surface area contributed by atoms with Crippen molar-refractivity contribution in [1.29, 1.82) is 0 Å². The van der Waals surface area contributed by atoms with Gasteiger partial charge in [0.15, 0.2) is 0 Å². The normalized spacial score (nSPS) is 16.6. The minimum atomic E-state index is -0.526. The molecule has 344 valence electrons. The van der Waals surface area contributed by atoms with Crippen molar-refractivity contribution in [2.75, 3.05) is 4.90 Å². The average molecular weight is 934 g/mol. The van der Waals surface area contributed by atoms with Crippen LogP contribution < -0.4 is 4.90 Å². The van der Waals surface area contributed by atoms with Crippen molar-refractivity contribution in [3.63, 3.8) is 0 Å². The van der Waals surface area contributed by atoms with Crippen molar-refractivity contribution < 1.29 is 8.83 Å². The highest BCUT2D eigenvalue weighted by molar-refractivity contribution is 6.14. The lowest BCUT2D eigenvalue weighted by atomic mass is 9.68. The van der Waals surface area contributed by atoms with Crippen LogP contribution in [0, 0.1) is 0 Å². The third-order valence-corrected chi connectivity index (χ3v) is 17.0. The highest BCUT2D eigenvalue weighted by Gasteiger charge is 2.53. The van der Waals surface area contributed by atoms with Crippen LogP contribution in [0.1, 0.15) is 65.6 Å². The van der Waals surface area contributed by atoms with E-state index in [-0.39, 0.29) is 5.41 Å². The number of fused-ring (bicyclic) bond motifs is 20. The Bertz CT molecular complexity index is 4420. The van der Waals surface area contributed by atoms with Crippen LogP contribution >= 0.6 is 0 Å². The van der Waals surface area contributed by atoms with Gasteiger partial charge in [0.2, 0.25) is 0 Å². The molecule has 0 fully saturated rings. The molecule has 10 aromatic carbocycles. The molecule has 0 radical (unpaired) electrons. The number of rotatable bonds is 5. The molecule has 0 saturated heterocycles. The summed E-state index contributed by atoms with van der Waals surface area (Å²) < 4.78 is 13.4. The van der Waals surface area contributed by atoms with Crippen molar-refractivity contribution in [2.24, 2.45) is 0 Å². The smallest absolute Gasteiger partial charge is 0.143 e. The first-order chi connectivity index (χ1) is 36.0. The van der Waals surface area contributed by atoms with Gasteiger partial charge in [-0.05, 0) is 133 Å². The average Bonchev–Trinajstić information content (AvgIpc) is 4.32. The van der Waals surface area contributed by atoms with Crippen LogP contribution in [0.5, 0.6) is 0 Å². The molecule has 12 aromatic rings. The van der Waals surface area contributed by atoms with E-state index in [4.69, 9.17) is 8.83 Å². The topological polar surface area (TPSA) is 29.5 Å². The number of anilines is 2. The number of furan rings is 2. The van der Waals surface area contributed by atoms with E-state index < -0.39 is 5.41 Å². The SMILES string of the molecule is CC1(C)c2ccccc2-c2ccc(N(C3=CC=C(c4cccc5c4C4(c6ccccc6-5)c5ccccc5-c5c4ccc4c5oc5ccccc54)CC3)c3ccc(-c4cccc5c4oc4ccccc45)cc3)cc21. The van der Waals surface area contributed by atoms with Gasteiger partial charge in [0.05, 0.1) is 5.41 Å². The summed E-state index contributed by atoms with van der Waals surface area (Å²) in [5.41, 5.74) is 27.3. The Morgan fingerprint density at radius 2 is 0.945 bits per heavy atom.